The molecule has 1 aromatic rings. The Labute approximate surface area is 99.2 Å². The summed E-state index contributed by atoms with van der Waals surface area (Å²) in [6.45, 7) is 0.196. The smallest absolute Gasteiger partial charge is 0.417 e. The van der Waals surface area contributed by atoms with Gasteiger partial charge in [-0.25, -0.2) is 9.69 Å². The molecule has 1 atom stereocenters. The topological polar surface area (TPSA) is 46.6 Å². The van der Waals surface area contributed by atoms with Crippen LogP contribution in [0.15, 0.2) is 30.3 Å². The molecule has 0 spiro atoms. The maximum Gasteiger partial charge on any atom is 0.417 e. The van der Waals surface area contributed by atoms with Gasteiger partial charge >= 0.3 is 12.0 Å². The van der Waals surface area contributed by atoms with Crippen molar-refractivity contribution in [1.29, 1.82) is 0 Å². The Kier molecular flexibility index (Phi) is 3.10. The lowest BCUT2D eigenvalue weighted by atomic mass is 10.1. The number of ether oxygens (including phenoxy) is 1. The zero-order valence-corrected chi connectivity index (χ0v) is 9.13. The molecular formula is C13H11NO3. The van der Waals surface area contributed by atoms with Crippen LogP contribution in [-0.4, -0.2) is 29.5 Å². The van der Waals surface area contributed by atoms with Gasteiger partial charge in [0.1, 0.15) is 6.61 Å². The number of hydrogen-bond donors (Lipinski definition) is 0. The summed E-state index contributed by atoms with van der Waals surface area (Å²) in [4.78, 5) is 23.8. The van der Waals surface area contributed by atoms with Crippen molar-refractivity contribution in [1.82, 2.24) is 4.90 Å². The van der Waals surface area contributed by atoms with E-state index in [9.17, 15) is 9.59 Å². The van der Waals surface area contributed by atoms with E-state index in [1.807, 2.05) is 36.3 Å². The van der Waals surface area contributed by atoms with Gasteiger partial charge in [0, 0.05) is 0 Å². The highest BCUT2D eigenvalue weighted by Crippen LogP contribution is 2.17. The quantitative estimate of drug-likeness (QED) is 0.716. The summed E-state index contributed by atoms with van der Waals surface area (Å²) < 4.78 is 4.84. The van der Waals surface area contributed by atoms with Crippen molar-refractivity contribution in [2.45, 2.75) is 12.5 Å². The van der Waals surface area contributed by atoms with Crippen molar-refractivity contribution < 1.29 is 14.3 Å². The van der Waals surface area contributed by atoms with Gasteiger partial charge in [-0.15, -0.1) is 6.42 Å². The first-order valence-electron chi connectivity index (χ1n) is 5.23. The van der Waals surface area contributed by atoms with Gasteiger partial charge in [-0.1, -0.05) is 30.3 Å². The highest BCUT2D eigenvalue weighted by molar-refractivity contribution is 6.03. The maximum atomic E-state index is 11.4. The zero-order chi connectivity index (χ0) is 12.3. The third kappa shape index (κ3) is 2.28. The van der Waals surface area contributed by atoms with Crippen LogP contribution < -0.4 is 0 Å². The standard InChI is InChI=1S/C13H11NO3/c1-2-12(15)14-11(9-17-13(14)16)8-10-6-4-3-5-7-10/h1,3-7,11H,8-9H2/t11-/m0/s1. The van der Waals surface area contributed by atoms with Crippen LogP contribution in [0.5, 0.6) is 0 Å². The molecule has 0 N–H and O–H groups in total. The van der Waals surface area contributed by atoms with Gasteiger partial charge in [-0.2, -0.15) is 0 Å². The highest BCUT2D eigenvalue weighted by Gasteiger charge is 2.37. The predicted molar refractivity (Wildman–Crippen MR) is 61.0 cm³/mol. The zero-order valence-electron chi connectivity index (χ0n) is 9.13. The molecule has 0 bridgehead atoms. The van der Waals surface area contributed by atoms with E-state index in [2.05, 4.69) is 0 Å². The number of nitrogens with zero attached hydrogens (tertiary/aromatic N) is 1. The fraction of sp³-hybridized carbons (Fsp3) is 0.231. The SMILES string of the molecule is C#CC(=O)N1C(=O)OC[C@@H]1Cc1ccccc1. The average molecular weight is 229 g/mol. The van der Waals surface area contributed by atoms with E-state index in [0.717, 1.165) is 10.5 Å². The molecule has 2 amide bonds. The third-order valence-electron chi connectivity index (χ3n) is 2.62. The molecule has 17 heavy (non-hydrogen) atoms. The minimum Gasteiger partial charge on any atom is -0.447 e. The molecule has 1 aliphatic heterocycles. The molecule has 2 rings (SSSR count). The van der Waals surface area contributed by atoms with Crippen LogP contribution in [0.1, 0.15) is 5.56 Å². The van der Waals surface area contributed by atoms with Crippen LogP contribution in [0.2, 0.25) is 0 Å². The highest BCUT2D eigenvalue weighted by atomic mass is 16.6. The van der Waals surface area contributed by atoms with Crippen LogP contribution in [0, 0.1) is 12.3 Å². The van der Waals surface area contributed by atoms with E-state index in [4.69, 9.17) is 11.2 Å². The van der Waals surface area contributed by atoms with Crippen molar-refractivity contribution in [2.75, 3.05) is 6.61 Å². The Morgan fingerprint density at radius 1 is 1.47 bits per heavy atom. The number of cyclic esters (lactones) is 1. The monoisotopic (exact) mass is 229 g/mol. The molecular weight excluding hydrogens is 218 g/mol. The van der Waals surface area contributed by atoms with Crippen molar-refractivity contribution >= 4 is 12.0 Å². The van der Waals surface area contributed by atoms with Crippen LogP contribution in [0.25, 0.3) is 0 Å². The van der Waals surface area contributed by atoms with Gasteiger partial charge < -0.3 is 4.74 Å². The number of amides is 2. The Hall–Kier alpha value is -2.28. The van der Waals surface area contributed by atoms with Gasteiger partial charge in [-0.3, -0.25) is 4.79 Å². The Bertz CT molecular complexity index is 475. The first-order valence-corrected chi connectivity index (χ1v) is 5.23. The number of imide groups is 1. The average Bonchev–Trinajstić information content (AvgIpc) is 2.71. The first kappa shape index (κ1) is 11.2. The molecule has 0 aromatic heterocycles. The van der Waals surface area contributed by atoms with Crippen molar-refractivity contribution in [3.8, 4) is 12.3 Å². The summed E-state index contributed by atoms with van der Waals surface area (Å²) in [7, 11) is 0. The predicted octanol–water partition coefficient (Wildman–Crippen LogP) is 1.21. The summed E-state index contributed by atoms with van der Waals surface area (Å²) >= 11 is 0. The number of rotatable bonds is 2. The van der Waals surface area contributed by atoms with Crippen LogP contribution in [-0.2, 0) is 16.0 Å². The molecule has 0 radical (unpaired) electrons. The number of carbonyl (C=O) groups is 2. The van der Waals surface area contributed by atoms with Crippen LogP contribution >= 0.6 is 0 Å². The Morgan fingerprint density at radius 2 is 2.18 bits per heavy atom. The second-order valence-corrected chi connectivity index (χ2v) is 3.74. The maximum absolute atomic E-state index is 11.4. The molecule has 4 heteroatoms. The van der Waals surface area contributed by atoms with Crippen LogP contribution in [0.4, 0.5) is 4.79 Å². The second kappa shape index (κ2) is 4.71. The van der Waals surface area contributed by atoms with E-state index < -0.39 is 12.0 Å². The number of hydrogen-bond acceptors (Lipinski definition) is 3. The van der Waals surface area contributed by atoms with Crippen LogP contribution in [0.3, 0.4) is 0 Å². The van der Waals surface area contributed by atoms with E-state index in [1.54, 1.807) is 0 Å². The largest absolute Gasteiger partial charge is 0.447 e. The van der Waals surface area contributed by atoms with Crippen molar-refractivity contribution in [3.63, 3.8) is 0 Å². The lowest BCUT2D eigenvalue weighted by Crippen LogP contribution is -2.39. The number of benzene rings is 1. The summed E-state index contributed by atoms with van der Waals surface area (Å²) in [6.07, 6.45) is 4.92. The molecule has 0 aliphatic carbocycles. The van der Waals surface area contributed by atoms with Gasteiger partial charge in [0.05, 0.1) is 6.04 Å². The fourth-order valence-electron chi connectivity index (χ4n) is 1.82. The third-order valence-corrected chi connectivity index (χ3v) is 2.62. The summed E-state index contributed by atoms with van der Waals surface area (Å²) in [5.74, 6) is 1.29. The van der Waals surface area contributed by atoms with Gasteiger partial charge in [-0.05, 0) is 17.9 Å². The fourth-order valence-corrected chi connectivity index (χ4v) is 1.82. The number of carbonyl (C=O) groups excluding carboxylic acids is 2. The molecule has 86 valence electrons. The summed E-state index contributed by atoms with van der Waals surface area (Å²) in [5, 5.41) is 0. The molecule has 1 fully saturated rings. The Morgan fingerprint density at radius 3 is 2.82 bits per heavy atom. The van der Waals surface area contributed by atoms with Crippen molar-refractivity contribution in [2.24, 2.45) is 0 Å². The minimum atomic E-state index is -0.658. The van der Waals surface area contributed by atoms with E-state index in [0.29, 0.717) is 6.42 Å². The normalized spacial score (nSPS) is 18.6. The molecule has 0 saturated carbocycles. The molecule has 4 nitrogen and oxygen atoms in total. The molecule has 1 aliphatic rings. The molecule has 1 aromatic carbocycles. The lowest BCUT2D eigenvalue weighted by Gasteiger charge is -2.16. The molecule has 0 unspecified atom stereocenters. The second-order valence-electron chi connectivity index (χ2n) is 3.74. The van der Waals surface area contributed by atoms with Gasteiger partial charge in [0.25, 0.3) is 0 Å². The minimum absolute atomic E-state index is 0.196. The summed E-state index contributed by atoms with van der Waals surface area (Å²) in [5.41, 5.74) is 1.03. The molecule has 1 heterocycles. The first-order chi connectivity index (χ1) is 8.22. The van der Waals surface area contributed by atoms with E-state index >= 15 is 0 Å². The van der Waals surface area contributed by atoms with Gasteiger partial charge in [0.15, 0.2) is 0 Å². The number of terminal acetylenes is 1. The lowest BCUT2D eigenvalue weighted by molar-refractivity contribution is -0.123. The molecule has 1 saturated heterocycles. The van der Waals surface area contributed by atoms with Gasteiger partial charge in [0.2, 0.25) is 0 Å². The van der Waals surface area contributed by atoms with Crippen molar-refractivity contribution in [3.05, 3.63) is 35.9 Å². The Balaban J connectivity index is 2.14. The van der Waals surface area contributed by atoms with E-state index in [1.165, 1.54) is 0 Å². The summed E-state index contributed by atoms with van der Waals surface area (Å²) in [6, 6.07) is 9.27. The van der Waals surface area contributed by atoms with E-state index in [-0.39, 0.29) is 12.6 Å².